The van der Waals surface area contributed by atoms with Crippen LogP contribution >= 0.6 is 0 Å². The molecule has 0 aliphatic carbocycles. The van der Waals surface area contributed by atoms with Crippen LogP contribution in [0.25, 0.3) is 0 Å². The fourth-order valence-corrected chi connectivity index (χ4v) is 5.03. The number of rotatable bonds is 9. The van der Waals surface area contributed by atoms with Crippen molar-refractivity contribution >= 4 is 11.8 Å². The van der Waals surface area contributed by atoms with Crippen molar-refractivity contribution in [1.29, 1.82) is 0 Å². The van der Waals surface area contributed by atoms with Crippen molar-refractivity contribution in [3.05, 3.63) is 117 Å². The maximum atomic E-state index is 14.5. The highest BCUT2D eigenvalue weighted by molar-refractivity contribution is 5.95. The average molecular weight is 558 g/mol. The second-order valence-corrected chi connectivity index (χ2v) is 10.3. The molecule has 0 radical (unpaired) electrons. The van der Waals surface area contributed by atoms with E-state index in [0.717, 1.165) is 11.1 Å². The normalized spacial score (nSPS) is 13.1. The minimum Gasteiger partial charge on any atom is -0.496 e. The third kappa shape index (κ3) is 6.06. The van der Waals surface area contributed by atoms with E-state index >= 15 is 0 Å². The number of aromatic nitrogens is 3. The first-order valence-corrected chi connectivity index (χ1v) is 13.4. The average Bonchev–Trinajstić information content (AvgIpc) is 3.33. The van der Waals surface area contributed by atoms with E-state index in [1.807, 2.05) is 30.3 Å². The van der Waals surface area contributed by atoms with Crippen LogP contribution in [0.1, 0.15) is 51.1 Å². The number of amides is 2. The second kappa shape index (κ2) is 11.8. The third-order valence-electron chi connectivity index (χ3n) is 7.51. The molecule has 5 rings (SSSR count). The summed E-state index contributed by atoms with van der Waals surface area (Å²) in [5.41, 5.74) is 3.90. The molecule has 1 aliphatic rings. The quantitative estimate of drug-likeness (QED) is 0.340. The smallest absolute Gasteiger partial charge is 0.255 e. The number of methoxy groups -OCH3 is 1. The molecule has 212 valence electrons. The number of ether oxygens (including phenoxy) is 1. The molecular formula is C31H32FN5O4. The molecule has 2 amide bonds. The fourth-order valence-electron chi connectivity index (χ4n) is 5.03. The number of hydrogen-bond donors (Lipinski definition) is 1. The number of benzene rings is 2. The first-order valence-electron chi connectivity index (χ1n) is 13.4. The van der Waals surface area contributed by atoms with Crippen molar-refractivity contribution in [2.24, 2.45) is 0 Å². The summed E-state index contributed by atoms with van der Waals surface area (Å²) in [4.78, 5) is 38.9. The summed E-state index contributed by atoms with van der Waals surface area (Å²) in [5.74, 6) is -0.324. The van der Waals surface area contributed by atoms with E-state index in [-0.39, 0.29) is 29.8 Å². The predicted octanol–water partition coefficient (Wildman–Crippen LogP) is 3.47. The lowest BCUT2D eigenvalue weighted by Gasteiger charge is -2.38. The molecule has 1 saturated heterocycles. The summed E-state index contributed by atoms with van der Waals surface area (Å²) in [5, 5.41) is 7.58. The van der Waals surface area contributed by atoms with Gasteiger partial charge in [0.15, 0.2) is 0 Å². The minimum absolute atomic E-state index is 0.00544. The first kappa shape index (κ1) is 27.8. The lowest BCUT2D eigenvalue weighted by molar-refractivity contribution is -0.133. The molecule has 0 spiro atoms. The van der Waals surface area contributed by atoms with Gasteiger partial charge in [0.2, 0.25) is 5.91 Å². The first-order chi connectivity index (χ1) is 19.7. The van der Waals surface area contributed by atoms with Crippen LogP contribution in [0.2, 0.25) is 0 Å². The van der Waals surface area contributed by atoms with Crippen LogP contribution < -0.4 is 15.6 Å². The van der Waals surface area contributed by atoms with Gasteiger partial charge in [-0.25, -0.2) is 4.39 Å². The Morgan fingerprint density at radius 1 is 1.05 bits per heavy atom. The van der Waals surface area contributed by atoms with Crippen molar-refractivity contribution in [3.63, 3.8) is 0 Å². The highest BCUT2D eigenvalue weighted by atomic mass is 19.1. The van der Waals surface area contributed by atoms with Crippen LogP contribution in [0.5, 0.6) is 5.75 Å². The largest absolute Gasteiger partial charge is 0.496 e. The lowest BCUT2D eigenvalue weighted by atomic mass is 9.93. The molecule has 9 nitrogen and oxygen atoms in total. The van der Waals surface area contributed by atoms with E-state index in [4.69, 9.17) is 9.84 Å². The fraction of sp³-hybridized carbons (Fsp3) is 0.290. The van der Waals surface area contributed by atoms with Crippen molar-refractivity contribution in [1.82, 2.24) is 24.6 Å². The summed E-state index contributed by atoms with van der Waals surface area (Å²) in [6, 6.07) is 15.8. The van der Waals surface area contributed by atoms with E-state index in [1.54, 1.807) is 45.6 Å². The molecule has 10 heteroatoms. The van der Waals surface area contributed by atoms with Gasteiger partial charge in [0.25, 0.3) is 11.5 Å². The highest BCUT2D eigenvalue weighted by Gasteiger charge is 2.35. The minimum atomic E-state index is -0.420. The van der Waals surface area contributed by atoms with Gasteiger partial charge in [0, 0.05) is 56.5 Å². The van der Waals surface area contributed by atoms with Crippen molar-refractivity contribution in [2.75, 3.05) is 20.2 Å². The molecule has 3 heterocycles. The molecule has 4 aromatic rings. The molecule has 1 aliphatic heterocycles. The molecule has 2 aromatic heterocycles. The molecule has 41 heavy (non-hydrogen) atoms. The Morgan fingerprint density at radius 2 is 1.76 bits per heavy atom. The van der Waals surface area contributed by atoms with Gasteiger partial charge in [0.1, 0.15) is 11.6 Å². The Labute approximate surface area is 237 Å². The second-order valence-electron chi connectivity index (χ2n) is 10.3. The number of carbonyl (C=O) groups is 2. The van der Waals surface area contributed by atoms with Crippen LogP contribution in [0.15, 0.2) is 71.8 Å². The van der Waals surface area contributed by atoms with E-state index in [9.17, 15) is 18.8 Å². The summed E-state index contributed by atoms with van der Waals surface area (Å²) in [6.45, 7) is 5.14. The van der Waals surface area contributed by atoms with E-state index in [0.29, 0.717) is 54.3 Å². The Balaban J connectivity index is 1.34. The molecular weight excluding hydrogens is 525 g/mol. The summed E-state index contributed by atoms with van der Waals surface area (Å²) in [7, 11) is 1.52. The number of carbonyl (C=O) groups excluding carboxylic acids is 2. The summed E-state index contributed by atoms with van der Waals surface area (Å²) < 4.78 is 23.2. The molecule has 0 atom stereocenters. The number of hydrogen-bond acceptors (Lipinski definition) is 5. The van der Waals surface area contributed by atoms with Gasteiger partial charge in [-0.1, -0.05) is 30.3 Å². The van der Waals surface area contributed by atoms with Gasteiger partial charge in [-0.05, 0) is 41.8 Å². The predicted molar refractivity (Wildman–Crippen MR) is 151 cm³/mol. The van der Waals surface area contributed by atoms with Gasteiger partial charge < -0.3 is 19.5 Å². The summed E-state index contributed by atoms with van der Waals surface area (Å²) >= 11 is 0. The monoisotopic (exact) mass is 557 g/mol. The standard InChI is InChI=1S/C31H32FN5O4/c1-20-25(27(32)11-12-28(20)41-3)14-33-31(40)26-19-37(34-30(26)24-17-36(18-24)21(2)38)16-23-9-7-22(8-10-23)15-35-13-5-4-6-29(35)39/h4-13,19,24H,14-18H2,1-3H3,(H,33,40). The van der Waals surface area contributed by atoms with Crippen molar-refractivity contribution in [2.45, 2.75) is 39.4 Å². The Bertz CT molecular complexity index is 1640. The van der Waals surface area contributed by atoms with E-state index < -0.39 is 5.82 Å². The van der Waals surface area contributed by atoms with Crippen molar-refractivity contribution < 1.29 is 18.7 Å². The molecule has 1 fully saturated rings. The molecule has 2 aromatic carbocycles. The van der Waals surface area contributed by atoms with Gasteiger partial charge >= 0.3 is 0 Å². The maximum Gasteiger partial charge on any atom is 0.255 e. The van der Waals surface area contributed by atoms with Crippen LogP contribution in [-0.2, 0) is 24.4 Å². The number of nitrogens with one attached hydrogen (secondary N) is 1. The highest BCUT2D eigenvalue weighted by Crippen LogP contribution is 2.29. The molecule has 0 unspecified atom stereocenters. The Hall–Kier alpha value is -4.73. The van der Waals surface area contributed by atoms with Crippen LogP contribution in [0.3, 0.4) is 0 Å². The third-order valence-corrected chi connectivity index (χ3v) is 7.51. The van der Waals surface area contributed by atoms with Crippen molar-refractivity contribution in [3.8, 4) is 5.75 Å². The SMILES string of the molecule is COc1ccc(F)c(CNC(=O)c2cn(Cc3ccc(Cn4ccccc4=O)cc3)nc2C2CN(C(C)=O)C2)c1C. The topological polar surface area (TPSA) is 98.5 Å². The van der Waals surface area contributed by atoms with E-state index in [2.05, 4.69) is 5.32 Å². The van der Waals surface area contributed by atoms with Crippen LogP contribution in [-0.4, -0.2) is 51.3 Å². The Kier molecular flexibility index (Phi) is 8.00. The van der Waals surface area contributed by atoms with Gasteiger partial charge in [0.05, 0.1) is 31.5 Å². The summed E-state index contributed by atoms with van der Waals surface area (Å²) in [6.07, 6.45) is 3.46. The van der Waals surface area contributed by atoms with Gasteiger partial charge in [-0.15, -0.1) is 0 Å². The zero-order valence-electron chi connectivity index (χ0n) is 23.3. The lowest BCUT2D eigenvalue weighted by Crippen LogP contribution is -2.48. The van der Waals surface area contributed by atoms with Gasteiger partial charge in [-0.3, -0.25) is 19.1 Å². The zero-order valence-corrected chi connectivity index (χ0v) is 23.3. The molecule has 1 N–H and O–H groups in total. The molecule has 0 bridgehead atoms. The molecule has 0 saturated carbocycles. The zero-order chi connectivity index (χ0) is 29.1. The number of likely N-dealkylation sites (tertiary alicyclic amines) is 1. The Morgan fingerprint density at radius 3 is 2.41 bits per heavy atom. The number of nitrogens with zero attached hydrogens (tertiary/aromatic N) is 4. The van der Waals surface area contributed by atoms with Crippen LogP contribution in [0, 0.1) is 12.7 Å². The van der Waals surface area contributed by atoms with Crippen LogP contribution in [0.4, 0.5) is 4.39 Å². The maximum absolute atomic E-state index is 14.5. The van der Waals surface area contributed by atoms with Gasteiger partial charge in [-0.2, -0.15) is 5.10 Å². The van der Waals surface area contributed by atoms with E-state index in [1.165, 1.54) is 26.2 Å². The number of halogens is 1. The number of pyridine rings is 1.